The largest absolute Gasteiger partial charge is 0.454 e. The maximum atomic E-state index is 15.5. The van der Waals surface area contributed by atoms with Gasteiger partial charge in [-0.25, -0.2) is 22.8 Å². The molecule has 0 bridgehead atoms. The van der Waals surface area contributed by atoms with Crippen molar-refractivity contribution in [2.45, 2.75) is 80.7 Å². The molecule has 2 fully saturated rings. The van der Waals surface area contributed by atoms with Crippen LogP contribution in [0.2, 0.25) is 5.02 Å². The standard InChI is InChI=1S/C34H37ClFN5O3S/c35-28-8-4-5-9-33(28)45(42,43)41-26-15-17-31(29(36)21-26)44-32-20-23(22-6-2-1-3-7-22)10-16-27(32)30-18-19-38-34(40-30)39-25-13-11-24(37)12-14-25/h4-5,8-10,15-22,24-25,41H,1-3,6-7,11-14,37H2,(H,38,39,40). The van der Waals surface area contributed by atoms with Crippen LogP contribution in [0.1, 0.15) is 69.3 Å². The van der Waals surface area contributed by atoms with E-state index in [1.807, 2.05) is 18.2 Å². The van der Waals surface area contributed by atoms with E-state index < -0.39 is 15.8 Å². The molecule has 45 heavy (non-hydrogen) atoms. The first-order valence-corrected chi connectivity index (χ1v) is 17.4. The zero-order valence-corrected chi connectivity index (χ0v) is 26.5. The highest BCUT2D eigenvalue weighted by molar-refractivity contribution is 7.92. The first-order valence-electron chi connectivity index (χ1n) is 15.5. The highest BCUT2D eigenvalue weighted by Gasteiger charge is 2.23. The van der Waals surface area contributed by atoms with Crippen molar-refractivity contribution in [3.05, 3.63) is 89.3 Å². The summed E-state index contributed by atoms with van der Waals surface area (Å²) in [6, 6.07) is 18.4. The summed E-state index contributed by atoms with van der Waals surface area (Å²) in [7, 11) is -4.03. The third-order valence-electron chi connectivity index (χ3n) is 8.65. The molecule has 0 atom stereocenters. The monoisotopic (exact) mass is 649 g/mol. The van der Waals surface area contributed by atoms with Crippen LogP contribution in [0.25, 0.3) is 11.3 Å². The number of halogens is 2. The summed E-state index contributed by atoms with van der Waals surface area (Å²) in [4.78, 5) is 9.15. The van der Waals surface area contributed by atoms with Crippen molar-refractivity contribution < 1.29 is 17.5 Å². The first kappa shape index (κ1) is 31.3. The molecule has 0 unspecified atom stereocenters. The van der Waals surface area contributed by atoms with Crippen molar-refractivity contribution >= 4 is 33.3 Å². The number of ether oxygens (including phenoxy) is 1. The summed E-state index contributed by atoms with van der Waals surface area (Å²) in [5.74, 6) is 0.640. The zero-order chi connectivity index (χ0) is 31.4. The van der Waals surface area contributed by atoms with Gasteiger partial charge in [-0.2, -0.15) is 0 Å². The van der Waals surface area contributed by atoms with Crippen molar-refractivity contribution in [3.63, 3.8) is 0 Å². The molecule has 2 saturated carbocycles. The van der Waals surface area contributed by atoms with Gasteiger partial charge in [-0.15, -0.1) is 0 Å². The second-order valence-electron chi connectivity index (χ2n) is 11.9. The van der Waals surface area contributed by atoms with E-state index in [0.717, 1.165) is 50.2 Å². The predicted octanol–water partition coefficient (Wildman–Crippen LogP) is 8.26. The van der Waals surface area contributed by atoms with Gasteiger partial charge >= 0.3 is 0 Å². The molecule has 236 valence electrons. The molecule has 11 heteroatoms. The molecule has 0 spiro atoms. The molecule has 4 aromatic rings. The topological polar surface area (TPSA) is 119 Å². The van der Waals surface area contributed by atoms with Crippen molar-refractivity contribution in [3.8, 4) is 22.8 Å². The van der Waals surface area contributed by atoms with Gasteiger partial charge in [0.25, 0.3) is 10.0 Å². The Morgan fingerprint density at radius 1 is 0.889 bits per heavy atom. The van der Waals surface area contributed by atoms with E-state index in [4.69, 9.17) is 27.1 Å². The van der Waals surface area contributed by atoms with Gasteiger partial charge in [0.1, 0.15) is 10.6 Å². The fraction of sp³-hybridized carbons (Fsp3) is 0.353. The fourth-order valence-corrected chi connectivity index (χ4v) is 7.76. The molecule has 3 aromatic carbocycles. The SMILES string of the molecule is NC1CCC(Nc2nccc(-c3ccc(C4CCCCC4)cc3Oc3ccc(NS(=O)(=O)c4ccccc4Cl)cc3F)n2)CC1. The molecule has 8 nitrogen and oxygen atoms in total. The minimum atomic E-state index is -4.03. The van der Waals surface area contributed by atoms with Gasteiger partial charge < -0.3 is 15.8 Å². The number of nitrogens with two attached hydrogens (primary N) is 1. The minimum absolute atomic E-state index is 0.0383. The lowest BCUT2D eigenvalue weighted by molar-refractivity contribution is 0.410. The van der Waals surface area contributed by atoms with Crippen LogP contribution in [0.3, 0.4) is 0 Å². The zero-order valence-electron chi connectivity index (χ0n) is 24.9. The molecule has 6 rings (SSSR count). The molecule has 0 saturated heterocycles. The van der Waals surface area contributed by atoms with E-state index in [0.29, 0.717) is 28.9 Å². The van der Waals surface area contributed by atoms with E-state index in [1.54, 1.807) is 18.3 Å². The van der Waals surface area contributed by atoms with E-state index in [2.05, 4.69) is 21.1 Å². The van der Waals surface area contributed by atoms with Crippen molar-refractivity contribution in [1.29, 1.82) is 0 Å². The first-order chi connectivity index (χ1) is 21.7. The molecule has 0 amide bonds. The Morgan fingerprint density at radius 3 is 2.42 bits per heavy atom. The molecular formula is C34H37ClFN5O3S. The summed E-state index contributed by atoms with van der Waals surface area (Å²) in [5.41, 5.74) is 8.62. The molecule has 1 aromatic heterocycles. The van der Waals surface area contributed by atoms with Crippen LogP contribution in [0.4, 0.5) is 16.0 Å². The van der Waals surface area contributed by atoms with Crippen LogP contribution in [-0.2, 0) is 10.0 Å². The Kier molecular flexibility index (Phi) is 9.53. The highest BCUT2D eigenvalue weighted by atomic mass is 35.5. The third-order valence-corrected chi connectivity index (χ3v) is 10.5. The van der Waals surface area contributed by atoms with Crippen LogP contribution in [0, 0.1) is 5.82 Å². The summed E-state index contributed by atoms with van der Waals surface area (Å²) in [5, 5.41) is 3.52. The third kappa shape index (κ3) is 7.57. The number of aromatic nitrogens is 2. The van der Waals surface area contributed by atoms with Crippen LogP contribution in [0.5, 0.6) is 11.5 Å². The van der Waals surface area contributed by atoms with Crippen LogP contribution >= 0.6 is 11.6 Å². The quantitative estimate of drug-likeness (QED) is 0.167. The summed E-state index contributed by atoms with van der Waals surface area (Å²) >= 11 is 6.09. The van der Waals surface area contributed by atoms with Crippen molar-refractivity contribution in [2.75, 3.05) is 10.0 Å². The Hall–Kier alpha value is -3.73. The fourth-order valence-electron chi connectivity index (χ4n) is 6.19. The second kappa shape index (κ2) is 13.7. The lowest BCUT2D eigenvalue weighted by Gasteiger charge is -2.26. The molecule has 0 aliphatic heterocycles. The van der Waals surface area contributed by atoms with Gasteiger partial charge in [0, 0.05) is 29.9 Å². The van der Waals surface area contributed by atoms with E-state index in [1.165, 1.54) is 43.5 Å². The molecule has 0 radical (unpaired) electrons. The van der Waals surface area contributed by atoms with Crippen LogP contribution in [-0.4, -0.2) is 30.5 Å². The average molecular weight is 650 g/mol. The van der Waals surface area contributed by atoms with Gasteiger partial charge in [0.05, 0.1) is 16.4 Å². The Bertz CT molecular complexity index is 1760. The van der Waals surface area contributed by atoms with Gasteiger partial charge in [0.2, 0.25) is 5.95 Å². The molecular weight excluding hydrogens is 613 g/mol. The maximum Gasteiger partial charge on any atom is 0.263 e. The number of hydrogen-bond donors (Lipinski definition) is 3. The Balaban J connectivity index is 1.28. The number of rotatable bonds is 9. The van der Waals surface area contributed by atoms with Crippen LogP contribution < -0.4 is 20.5 Å². The molecule has 4 N–H and O–H groups in total. The summed E-state index contributed by atoms with van der Waals surface area (Å²) in [6.07, 6.45) is 11.3. The van der Waals surface area contributed by atoms with E-state index >= 15 is 4.39 Å². The number of sulfonamides is 1. The van der Waals surface area contributed by atoms with Gasteiger partial charge in [-0.05, 0) is 92.5 Å². The summed E-state index contributed by atoms with van der Waals surface area (Å²) in [6.45, 7) is 0. The number of hydrogen-bond acceptors (Lipinski definition) is 7. The Labute approximate surface area is 268 Å². The number of anilines is 2. The maximum absolute atomic E-state index is 15.5. The molecule has 2 aliphatic rings. The number of nitrogens with one attached hydrogen (secondary N) is 2. The smallest absolute Gasteiger partial charge is 0.263 e. The van der Waals surface area contributed by atoms with E-state index in [-0.39, 0.29) is 33.4 Å². The summed E-state index contributed by atoms with van der Waals surface area (Å²) < 4.78 is 49.9. The highest BCUT2D eigenvalue weighted by Crippen LogP contribution is 2.40. The van der Waals surface area contributed by atoms with Gasteiger partial charge in [0.15, 0.2) is 11.6 Å². The Morgan fingerprint density at radius 2 is 1.67 bits per heavy atom. The molecule has 2 aliphatic carbocycles. The average Bonchev–Trinajstić information content (AvgIpc) is 3.04. The normalized spacial score (nSPS) is 19.2. The minimum Gasteiger partial charge on any atom is -0.454 e. The number of benzene rings is 3. The molecule has 1 heterocycles. The lowest BCUT2D eigenvalue weighted by atomic mass is 9.83. The van der Waals surface area contributed by atoms with Crippen molar-refractivity contribution in [2.24, 2.45) is 5.73 Å². The van der Waals surface area contributed by atoms with Crippen LogP contribution in [0.15, 0.2) is 77.8 Å². The van der Waals surface area contributed by atoms with E-state index in [9.17, 15) is 8.42 Å². The van der Waals surface area contributed by atoms with Gasteiger partial charge in [-0.1, -0.05) is 49.1 Å². The number of nitrogens with zero attached hydrogens (tertiary/aromatic N) is 2. The predicted molar refractivity (Wildman–Crippen MR) is 176 cm³/mol. The second-order valence-corrected chi connectivity index (χ2v) is 14.0. The lowest BCUT2D eigenvalue weighted by Crippen LogP contribution is -2.33. The van der Waals surface area contributed by atoms with Gasteiger partial charge in [-0.3, -0.25) is 4.72 Å². The van der Waals surface area contributed by atoms with Crippen molar-refractivity contribution in [1.82, 2.24) is 9.97 Å².